The number of aliphatic hydroxyl groups is 1. The molecular weight excluding hydrogens is 218 g/mol. The van der Waals surface area contributed by atoms with Gasteiger partial charge in [0.05, 0.1) is 11.6 Å². The van der Waals surface area contributed by atoms with Gasteiger partial charge in [-0.3, -0.25) is 9.78 Å². The number of pyridine rings is 1. The van der Waals surface area contributed by atoms with Crippen molar-refractivity contribution in [3.05, 3.63) is 42.1 Å². The Hall–Kier alpha value is -1.94. The van der Waals surface area contributed by atoms with Gasteiger partial charge < -0.3 is 10.2 Å². The minimum Gasteiger partial charge on any atom is -0.481 e. The molecule has 2 aromatic rings. The van der Waals surface area contributed by atoms with E-state index in [4.69, 9.17) is 5.11 Å². The number of aromatic nitrogens is 1. The topological polar surface area (TPSA) is 70.4 Å². The maximum atomic E-state index is 10.5. The van der Waals surface area contributed by atoms with Crippen LogP contribution < -0.4 is 0 Å². The monoisotopic (exact) mass is 231 g/mol. The van der Waals surface area contributed by atoms with Crippen LogP contribution in [0.1, 0.15) is 24.5 Å². The average molecular weight is 231 g/mol. The average Bonchev–Trinajstić information content (AvgIpc) is 2.35. The van der Waals surface area contributed by atoms with Gasteiger partial charge in [-0.2, -0.15) is 0 Å². The standard InChI is InChI=1S/C13H13NO3/c15-11(6-7-12(16)17)10-5-1-3-9-4-2-8-14-13(9)10/h1-5,8,11,15H,6-7H2,(H,16,17). The van der Waals surface area contributed by atoms with Gasteiger partial charge in [-0.1, -0.05) is 24.3 Å². The largest absolute Gasteiger partial charge is 0.481 e. The second kappa shape index (κ2) is 4.93. The Labute approximate surface area is 98.5 Å². The molecule has 0 saturated heterocycles. The van der Waals surface area contributed by atoms with E-state index < -0.39 is 12.1 Å². The van der Waals surface area contributed by atoms with Gasteiger partial charge in [0.2, 0.25) is 0 Å². The van der Waals surface area contributed by atoms with Crippen LogP contribution in [0.5, 0.6) is 0 Å². The molecule has 4 nitrogen and oxygen atoms in total. The van der Waals surface area contributed by atoms with Gasteiger partial charge >= 0.3 is 5.97 Å². The summed E-state index contributed by atoms with van der Waals surface area (Å²) < 4.78 is 0. The predicted octanol–water partition coefficient (Wildman–Crippen LogP) is 2.13. The minimum absolute atomic E-state index is 0.0512. The van der Waals surface area contributed by atoms with Crippen molar-refractivity contribution in [3.63, 3.8) is 0 Å². The predicted molar refractivity (Wildman–Crippen MR) is 63.6 cm³/mol. The van der Waals surface area contributed by atoms with Crippen LogP contribution in [-0.2, 0) is 4.79 Å². The molecule has 0 spiro atoms. The van der Waals surface area contributed by atoms with Crippen molar-refractivity contribution < 1.29 is 15.0 Å². The molecule has 0 saturated carbocycles. The highest BCUT2D eigenvalue weighted by Gasteiger charge is 2.13. The van der Waals surface area contributed by atoms with E-state index in [0.717, 1.165) is 10.9 Å². The van der Waals surface area contributed by atoms with Crippen molar-refractivity contribution in [2.75, 3.05) is 0 Å². The number of hydrogen-bond donors (Lipinski definition) is 2. The first-order chi connectivity index (χ1) is 8.18. The molecule has 0 amide bonds. The van der Waals surface area contributed by atoms with Gasteiger partial charge in [-0.05, 0) is 12.5 Å². The fraction of sp³-hybridized carbons (Fsp3) is 0.231. The highest BCUT2D eigenvalue weighted by atomic mass is 16.4. The number of benzene rings is 1. The summed E-state index contributed by atoms with van der Waals surface area (Å²) in [5, 5.41) is 19.5. The van der Waals surface area contributed by atoms with E-state index >= 15 is 0 Å². The Morgan fingerprint density at radius 2 is 2.06 bits per heavy atom. The third-order valence-electron chi connectivity index (χ3n) is 2.65. The fourth-order valence-electron chi connectivity index (χ4n) is 1.81. The van der Waals surface area contributed by atoms with Gasteiger partial charge in [0.15, 0.2) is 0 Å². The maximum Gasteiger partial charge on any atom is 0.303 e. The summed E-state index contributed by atoms with van der Waals surface area (Å²) in [6, 6.07) is 9.27. The number of carbonyl (C=O) groups is 1. The minimum atomic E-state index is -0.905. The number of fused-ring (bicyclic) bond motifs is 1. The molecule has 1 atom stereocenters. The number of carboxylic acid groups (broad SMARTS) is 1. The zero-order valence-corrected chi connectivity index (χ0v) is 9.21. The Balaban J connectivity index is 2.31. The summed E-state index contributed by atoms with van der Waals surface area (Å²) in [4.78, 5) is 14.7. The van der Waals surface area contributed by atoms with Crippen LogP contribution in [0.4, 0.5) is 0 Å². The van der Waals surface area contributed by atoms with Gasteiger partial charge in [0.25, 0.3) is 0 Å². The van der Waals surface area contributed by atoms with E-state index in [9.17, 15) is 9.90 Å². The first-order valence-electron chi connectivity index (χ1n) is 5.42. The lowest BCUT2D eigenvalue weighted by Crippen LogP contribution is -2.03. The quantitative estimate of drug-likeness (QED) is 0.845. The van der Waals surface area contributed by atoms with Gasteiger partial charge in [0.1, 0.15) is 0 Å². The van der Waals surface area contributed by atoms with Crippen LogP contribution in [-0.4, -0.2) is 21.2 Å². The number of nitrogens with zero attached hydrogens (tertiary/aromatic N) is 1. The lowest BCUT2D eigenvalue weighted by atomic mass is 10.0. The second-order valence-electron chi connectivity index (χ2n) is 3.87. The fourth-order valence-corrected chi connectivity index (χ4v) is 1.81. The highest BCUT2D eigenvalue weighted by molar-refractivity contribution is 5.81. The van der Waals surface area contributed by atoms with Crippen LogP contribution in [0, 0.1) is 0 Å². The van der Waals surface area contributed by atoms with Crippen LogP contribution >= 0.6 is 0 Å². The van der Waals surface area contributed by atoms with Crippen molar-refractivity contribution in [2.45, 2.75) is 18.9 Å². The maximum absolute atomic E-state index is 10.5. The third kappa shape index (κ3) is 2.60. The first kappa shape index (κ1) is 11.5. The zero-order chi connectivity index (χ0) is 12.3. The molecule has 1 heterocycles. The molecule has 1 aromatic carbocycles. The Morgan fingerprint density at radius 1 is 1.29 bits per heavy atom. The van der Waals surface area contributed by atoms with Crippen LogP contribution in [0.3, 0.4) is 0 Å². The van der Waals surface area contributed by atoms with E-state index in [1.165, 1.54) is 0 Å². The molecule has 2 N–H and O–H groups in total. The lowest BCUT2D eigenvalue weighted by Gasteiger charge is -2.11. The summed E-state index contributed by atoms with van der Waals surface area (Å²) in [6.45, 7) is 0. The molecule has 0 radical (unpaired) electrons. The summed E-state index contributed by atoms with van der Waals surface area (Å²) in [7, 11) is 0. The second-order valence-corrected chi connectivity index (χ2v) is 3.87. The van der Waals surface area contributed by atoms with Crippen LogP contribution in [0.15, 0.2) is 36.5 Å². The molecule has 88 valence electrons. The molecule has 0 aliphatic rings. The zero-order valence-electron chi connectivity index (χ0n) is 9.21. The molecule has 4 heteroatoms. The van der Waals surface area contributed by atoms with E-state index in [-0.39, 0.29) is 12.8 Å². The van der Waals surface area contributed by atoms with Crippen molar-refractivity contribution in [3.8, 4) is 0 Å². The van der Waals surface area contributed by atoms with Gasteiger partial charge in [-0.15, -0.1) is 0 Å². The number of para-hydroxylation sites is 1. The number of carboxylic acids is 1. The van der Waals surface area contributed by atoms with Gasteiger partial charge in [-0.25, -0.2) is 0 Å². The normalized spacial score (nSPS) is 12.5. The summed E-state index contributed by atoms with van der Waals surface area (Å²) in [5.41, 5.74) is 1.41. The summed E-state index contributed by atoms with van der Waals surface area (Å²) >= 11 is 0. The van der Waals surface area contributed by atoms with E-state index in [1.54, 1.807) is 12.3 Å². The van der Waals surface area contributed by atoms with Crippen molar-refractivity contribution in [1.82, 2.24) is 4.98 Å². The number of hydrogen-bond acceptors (Lipinski definition) is 3. The molecule has 1 aromatic heterocycles. The molecule has 0 fully saturated rings. The van der Waals surface area contributed by atoms with Crippen molar-refractivity contribution in [1.29, 1.82) is 0 Å². The van der Waals surface area contributed by atoms with Crippen LogP contribution in [0.25, 0.3) is 10.9 Å². The smallest absolute Gasteiger partial charge is 0.303 e. The third-order valence-corrected chi connectivity index (χ3v) is 2.65. The Kier molecular flexibility index (Phi) is 3.35. The Morgan fingerprint density at radius 3 is 2.82 bits per heavy atom. The molecule has 2 rings (SSSR count). The van der Waals surface area contributed by atoms with Crippen molar-refractivity contribution >= 4 is 16.9 Å². The molecule has 0 bridgehead atoms. The van der Waals surface area contributed by atoms with Crippen molar-refractivity contribution in [2.24, 2.45) is 0 Å². The molecule has 1 unspecified atom stereocenters. The molecule has 0 aliphatic heterocycles. The number of aliphatic hydroxyl groups excluding tert-OH is 1. The number of rotatable bonds is 4. The molecule has 0 aliphatic carbocycles. The molecule has 17 heavy (non-hydrogen) atoms. The summed E-state index contributed by atoms with van der Waals surface area (Å²) in [6.07, 6.45) is 1.02. The summed E-state index contributed by atoms with van der Waals surface area (Å²) in [5.74, 6) is -0.905. The molecular formula is C13H13NO3. The lowest BCUT2D eigenvalue weighted by molar-refractivity contribution is -0.137. The Bertz CT molecular complexity index is 534. The SMILES string of the molecule is O=C(O)CCC(O)c1cccc2cccnc12. The van der Waals surface area contributed by atoms with E-state index in [2.05, 4.69) is 4.98 Å². The van der Waals surface area contributed by atoms with Crippen LogP contribution in [0.2, 0.25) is 0 Å². The van der Waals surface area contributed by atoms with Gasteiger partial charge in [0, 0.05) is 23.6 Å². The van der Waals surface area contributed by atoms with E-state index in [0.29, 0.717) is 5.56 Å². The first-order valence-corrected chi connectivity index (χ1v) is 5.42. The van der Waals surface area contributed by atoms with E-state index in [1.807, 2.05) is 24.3 Å². The number of aliphatic carboxylic acids is 1. The highest BCUT2D eigenvalue weighted by Crippen LogP contribution is 2.25.